The number of para-hydroxylation sites is 1. The molecule has 0 amide bonds. The van der Waals surface area contributed by atoms with Crippen molar-refractivity contribution < 1.29 is 14.6 Å². The van der Waals surface area contributed by atoms with Gasteiger partial charge in [0.2, 0.25) is 0 Å². The van der Waals surface area contributed by atoms with Crippen molar-refractivity contribution in [3.05, 3.63) is 59.2 Å². The van der Waals surface area contributed by atoms with E-state index in [0.29, 0.717) is 13.2 Å². The monoisotopic (exact) mass is 270 g/mol. The summed E-state index contributed by atoms with van der Waals surface area (Å²) in [5.74, 6) is 1.61. The number of ether oxygens (including phenoxy) is 2. The van der Waals surface area contributed by atoms with Gasteiger partial charge in [-0.15, -0.1) is 0 Å². The highest BCUT2D eigenvalue weighted by Gasteiger charge is 2.21. The summed E-state index contributed by atoms with van der Waals surface area (Å²) in [7, 11) is 0. The van der Waals surface area contributed by atoms with E-state index in [1.807, 2.05) is 43.3 Å². The van der Waals surface area contributed by atoms with Crippen LogP contribution in [0.4, 0.5) is 0 Å². The lowest BCUT2D eigenvalue weighted by Gasteiger charge is -2.16. The maximum Gasteiger partial charge on any atom is 0.128 e. The molecule has 0 saturated carbocycles. The van der Waals surface area contributed by atoms with Crippen LogP contribution in [0, 0.1) is 0 Å². The Morgan fingerprint density at radius 3 is 2.95 bits per heavy atom. The van der Waals surface area contributed by atoms with E-state index in [1.165, 1.54) is 5.56 Å². The molecule has 0 bridgehead atoms. The lowest BCUT2D eigenvalue weighted by atomic mass is 9.98. The van der Waals surface area contributed by atoms with Gasteiger partial charge in [0.1, 0.15) is 17.6 Å². The number of hydrogen-bond donors (Lipinski definition) is 1. The first-order valence-corrected chi connectivity index (χ1v) is 6.95. The fourth-order valence-electron chi connectivity index (χ4n) is 2.58. The van der Waals surface area contributed by atoms with Gasteiger partial charge in [-0.25, -0.2) is 0 Å². The lowest BCUT2D eigenvalue weighted by Crippen LogP contribution is -2.03. The molecule has 0 saturated heterocycles. The van der Waals surface area contributed by atoms with Crippen LogP contribution in [0.3, 0.4) is 0 Å². The van der Waals surface area contributed by atoms with E-state index in [4.69, 9.17) is 9.47 Å². The smallest absolute Gasteiger partial charge is 0.128 e. The van der Waals surface area contributed by atoms with Gasteiger partial charge in [-0.1, -0.05) is 30.3 Å². The molecule has 1 N–H and O–H groups in total. The molecular formula is C17H18O3. The summed E-state index contributed by atoms with van der Waals surface area (Å²) in [6, 6.07) is 13.5. The quantitative estimate of drug-likeness (QED) is 0.927. The molecule has 0 aliphatic carbocycles. The minimum absolute atomic E-state index is 0.614. The molecule has 3 rings (SSSR count). The summed E-state index contributed by atoms with van der Waals surface area (Å²) < 4.78 is 11.1. The highest BCUT2D eigenvalue weighted by molar-refractivity contribution is 5.48. The minimum atomic E-state index is -0.691. The van der Waals surface area contributed by atoms with Crippen molar-refractivity contribution in [1.82, 2.24) is 0 Å². The highest BCUT2D eigenvalue weighted by atomic mass is 16.5. The Labute approximate surface area is 118 Å². The zero-order valence-corrected chi connectivity index (χ0v) is 11.5. The van der Waals surface area contributed by atoms with Crippen LogP contribution in [0.5, 0.6) is 11.5 Å². The van der Waals surface area contributed by atoms with E-state index in [1.54, 1.807) is 0 Å². The van der Waals surface area contributed by atoms with E-state index < -0.39 is 6.10 Å². The molecule has 0 radical (unpaired) electrons. The van der Waals surface area contributed by atoms with E-state index in [0.717, 1.165) is 29.0 Å². The Bertz CT molecular complexity index is 607. The number of fused-ring (bicyclic) bond motifs is 1. The first kappa shape index (κ1) is 13.0. The standard InChI is InChI=1S/C17H18O3/c1-2-19-14-7-3-6-13(11-14)16(18)15-8-4-5-12-9-10-20-17(12)15/h3-8,11,16,18H,2,9-10H2,1H3. The fourth-order valence-corrected chi connectivity index (χ4v) is 2.58. The third-order valence-electron chi connectivity index (χ3n) is 3.52. The zero-order chi connectivity index (χ0) is 13.9. The van der Waals surface area contributed by atoms with Crippen LogP contribution in [0.15, 0.2) is 42.5 Å². The summed E-state index contributed by atoms with van der Waals surface area (Å²) in [4.78, 5) is 0. The van der Waals surface area contributed by atoms with Gasteiger partial charge in [0.25, 0.3) is 0 Å². The summed E-state index contributed by atoms with van der Waals surface area (Å²) in [5.41, 5.74) is 2.82. The largest absolute Gasteiger partial charge is 0.494 e. The predicted molar refractivity (Wildman–Crippen MR) is 77.3 cm³/mol. The van der Waals surface area contributed by atoms with Crippen molar-refractivity contribution in [2.24, 2.45) is 0 Å². The van der Waals surface area contributed by atoms with Crippen molar-refractivity contribution in [3.63, 3.8) is 0 Å². The van der Waals surface area contributed by atoms with Crippen molar-refractivity contribution in [1.29, 1.82) is 0 Å². The zero-order valence-electron chi connectivity index (χ0n) is 11.5. The number of hydrogen-bond acceptors (Lipinski definition) is 3. The Morgan fingerprint density at radius 1 is 1.25 bits per heavy atom. The van der Waals surface area contributed by atoms with Gasteiger partial charge in [-0.3, -0.25) is 0 Å². The Kier molecular flexibility index (Phi) is 3.61. The van der Waals surface area contributed by atoms with E-state index in [2.05, 4.69) is 6.07 Å². The molecule has 3 heteroatoms. The Hall–Kier alpha value is -2.00. The van der Waals surface area contributed by atoms with Gasteiger partial charge in [-0.2, -0.15) is 0 Å². The average molecular weight is 270 g/mol. The molecule has 0 spiro atoms. The summed E-state index contributed by atoms with van der Waals surface area (Å²) in [6.45, 7) is 3.25. The molecule has 1 atom stereocenters. The second-order valence-electron chi connectivity index (χ2n) is 4.84. The molecule has 0 fully saturated rings. The molecule has 1 heterocycles. The molecule has 1 aliphatic heterocycles. The molecule has 0 aromatic heterocycles. The van der Waals surface area contributed by atoms with Crippen LogP contribution >= 0.6 is 0 Å². The van der Waals surface area contributed by atoms with Crippen LogP contribution in [0.25, 0.3) is 0 Å². The summed E-state index contributed by atoms with van der Waals surface area (Å²) in [6.07, 6.45) is 0.220. The predicted octanol–water partition coefficient (Wildman–Crippen LogP) is 3.10. The topological polar surface area (TPSA) is 38.7 Å². The van der Waals surface area contributed by atoms with E-state index in [-0.39, 0.29) is 0 Å². The van der Waals surface area contributed by atoms with Crippen molar-refractivity contribution >= 4 is 0 Å². The first-order valence-electron chi connectivity index (χ1n) is 6.95. The fraction of sp³-hybridized carbons (Fsp3) is 0.294. The maximum atomic E-state index is 10.6. The Balaban J connectivity index is 1.95. The van der Waals surface area contributed by atoms with Crippen LogP contribution in [-0.4, -0.2) is 18.3 Å². The number of aliphatic hydroxyl groups is 1. The van der Waals surface area contributed by atoms with Gasteiger partial charge >= 0.3 is 0 Å². The summed E-state index contributed by atoms with van der Waals surface area (Å²) >= 11 is 0. The molecular weight excluding hydrogens is 252 g/mol. The van der Waals surface area contributed by atoms with Crippen molar-refractivity contribution in [2.75, 3.05) is 13.2 Å². The van der Waals surface area contributed by atoms with Crippen molar-refractivity contribution in [3.8, 4) is 11.5 Å². The first-order chi connectivity index (χ1) is 9.79. The molecule has 3 nitrogen and oxygen atoms in total. The van der Waals surface area contributed by atoms with Crippen LogP contribution in [0.2, 0.25) is 0 Å². The number of aliphatic hydroxyl groups excluding tert-OH is 1. The highest BCUT2D eigenvalue weighted by Crippen LogP contribution is 2.36. The molecule has 2 aromatic carbocycles. The van der Waals surface area contributed by atoms with Crippen molar-refractivity contribution in [2.45, 2.75) is 19.4 Å². The average Bonchev–Trinajstić information content (AvgIpc) is 2.95. The third kappa shape index (κ3) is 2.37. The van der Waals surface area contributed by atoms with Gasteiger partial charge < -0.3 is 14.6 Å². The van der Waals surface area contributed by atoms with Crippen LogP contribution in [-0.2, 0) is 6.42 Å². The molecule has 104 valence electrons. The van der Waals surface area contributed by atoms with Gasteiger partial charge in [-0.05, 0) is 30.2 Å². The molecule has 1 aliphatic rings. The number of rotatable bonds is 4. The van der Waals surface area contributed by atoms with Gasteiger partial charge in [0, 0.05) is 12.0 Å². The molecule has 1 unspecified atom stereocenters. The molecule has 20 heavy (non-hydrogen) atoms. The van der Waals surface area contributed by atoms with E-state index in [9.17, 15) is 5.11 Å². The third-order valence-corrected chi connectivity index (χ3v) is 3.52. The number of benzene rings is 2. The lowest BCUT2D eigenvalue weighted by molar-refractivity contribution is 0.213. The van der Waals surface area contributed by atoms with E-state index >= 15 is 0 Å². The minimum Gasteiger partial charge on any atom is -0.494 e. The van der Waals surface area contributed by atoms with Gasteiger partial charge in [0.05, 0.1) is 13.2 Å². The second kappa shape index (κ2) is 5.55. The maximum absolute atomic E-state index is 10.6. The second-order valence-corrected chi connectivity index (χ2v) is 4.84. The van der Waals surface area contributed by atoms with Crippen LogP contribution < -0.4 is 9.47 Å². The van der Waals surface area contributed by atoms with Gasteiger partial charge in [0.15, 0.2) is 0 Å². The SMILES string of the molecule is CCOc1cccc(C(O)c2cccc3c2OCC3)c1. The molecule has 2 aromatic rings. The Morgan fingerprint density at radius 2 is 2.10 bits per heavy atom. The normalized spacial score (nSPS) is 14.5. The summed E-state index contributed by atoms with van der Waals surface area (Å²) in [5, 5.41) is 10.6. The van der Waals surface area contributed by atoms with Crippen LogP contribution in [0.1, 0.15) is 29.7 Å².